The van der Waals surface area contributed by atoms with E-state index in [2.05, 4.69) is 20.6 Å². The summed E-state index contributed by atoms with van der Waals surface area (Å²) in [5.74, 6) is 1.12. The van der Waals surface area contributed by atoms with E-state index in [1.807, 2.05) is 0 Å². The SMILES string of the molecule is CCOC(=O)N1CCC(NC(=O)c2cc(NC3CCCCC3)nc(C)n2)CC1. The largest absolute Gasteiger partial charge is 0.450 e. The van der Waals surface area contributed by atoms with E-state index in [9.17, 15) is 9.59 Å². The third-order valence-corrected chi connectivity index (χ3v) is 5.38. The zero-order valence-electron chi connectivity index (χ0n) is 16.9. The number of nitrogens with zero attached hydrogens (tertiary/aromatic N) is 3. The number of aromatic nitrogens is 2. The summed E-state index contributed by atoms with van der Waals surface area (Å²) in [5.41, 5.74) is 0.388. The third-order valence-electron chi connectivity index (χ3n) is 5.38. The summed E-state index contributed by atoms with van der Waals surface area (Å²) in [5, 5.41) is 6.51. The molecule has 8 heteroatoms. The van der Waals surface area contributed by atoms with Crippen molar-refractivity contribution in [2.45, 2.75) is 70.9 Å². The van der Waals surface area contributed by atoms with Crippen molar-refractivity contribution in [1.29, 1.82) is 0 Å². The molecule has 28 heavy (non-hydrogen) atoms. The van der Waals surface area contributed by atoms with Crippen molar-refractivity contribution in [3.63, 3.8) is 0 Å². The molecular formula is C20H31N5O3. The van der Waals surface area contributed by atoms with Crippen molar-refractivity contribution in [3.8, 4) is 0 Å². The monoisotopic (exact) mass is 389 g/mol. The quantitative estimate of drug-likeness (QED) is 0.804. The summed E-state index contributed by atoms with van der Waals surface area (Å²) >= 11 is 0. The van der Waals surface area contributed by atoms with Crippen LogP contribution in [0.2, 0.25) is 0 Å². The lowest BCUT2D eigenvalue weighted by Crippen LogP contribution is -2.46. The van der Waals surface area contributed by atoms with Gasteiger partial charge in [-0.25, -0.2) is 14.8 Å². The first kappa shape index (κ1) is 20.4. The number of likely N-dealkylation sites (tertiary alicyclic amines) is 1. The lowest BCUT2D eigenvalue weighted by atomic mass is 9.95. The number of piperidine rings is 1. The molecule has 0 unspecified atom stereocenters. The molecule has 0 bridgehead atoms. The van der Waals surface area contributed by atoms with Gasteiger partial charge in [0.25, 0.3) is 5.91 Å². The molecule has 0 radical (unpaired) electrons. The lowest BCUT2D eigenvalue weighted by Gasteiger charge is -2.31. The Morgan fingerprint density at radius 2 is 1.82 bits per heavy atom. The first-order valence-corrected chi connectivity index (χ1v) is 10.4. The number of amides is 2. The Morgan fingerprint density at radius 3 is 2.50 bits per heavy atom. The predicted molar refractivity (Wildman–Crippen MR) is 106 cm³/mol. The number of anilines is 1. The molecule has 1 aliphatic heterocycles. The molecule has 2 fully saturated rings. The van der Waals surface area contributed by atoms with Gasteiger partial charge in [-0.15, -0.1) is 0 Å². The zero-order valence-corrected chi connectivity index (χ0v) is 16.9. The Hall–Kier alpha value is -2.38. The van der Waals surface area contributed by atoms with Crippen LogP contribution >= 0.6 is 0 Å². The molecule has 8 nitrogen and oxygen atoms in total. The van der Waals surface area contributed by atoms with Gasteiger partial charge in [0, 0.05) is 31.2 Å². The number of hydrogen-bond donors (Lipinski definition) is 2. The molecule has 1 aromatic rings. The molecule has 2 amide bonds. The van der Waals surface area contributed by atoms with E-state index in [1.165, 1.54) is 19.3 Å². The highest BCUT2D eigenvalue weighted by Crippen LogP contribution is 2.21. The van der Waals surface area contributed by atoms with E-state index in [4.69, 9.17) is 4.74 Å². The maximum atomic E-state index is 12.7. The van der Waals surface area contributed by atoms with Gasteiger partial charge in [0.1, 0.15) is 17.3 Å². The molecule has 0 spiro atoms. The van der Waals surface area contributed by atoms with Crippen LogP contribution in [-0.4, -0.2) is 58.6 Å². The van der Waals surface area contributed by atoms with Gasteiger partial charge in [0.15, 0.2) is 0 Å². The van der Waals surface area contributed by atoms with Crippen LogP contribution in [0.3, 0.4) is 0 Å². The van der Waals surface area contributed by atoms with Gasteiger partial charge in [-0.2, -0.15) is 0 Å². The van der Waals surface area contributed by atoms with Crippen molar-refractivity contribution in [3.05, 3.63) is 17.6 Å². The summed E-state index contributed by atoms with van der Waals surface area (Å²) in [6.45, 7) is 5.15. The number of hydrogen-bond acceptors (Lipinski definition) is 6. The molecule has 1 saturated heterocycles. The normalized spacial score (nSPS) is 18.6. The molecule has 1 aliphatic carbocycles. The molecule has 0 aromatic carbocycles. The smallest absolute Gasteiger partial charge is 0.409 e. The summed E-state index contributed by atoms with van der Waals surface area (Å²) in [6.07, 6.45) is 7.19. The topological polar surface area (TPSA) is 96.5 Å². The average molecular weight is 390 g/mol. The highest BCUT2D eigenvalue weighted by atomic mass is 16.6. The van der Waals surface area contributed by atoms with Crippen molar-refractivity contribution in [2.24, 2.45) is 0 Å². The minimum absolute atomic E-state index is 0.0307. The minimum atomic E-state index is -0.280. The number of carbonyl (C=O) groups excluding carboxylic acids is 2. The van der Waals surface area contributed by atoms with Crippen LogP contribution < -0.4 is 10.6 Å². The molecule has 154 valence electrons. The van der Waals surface area contributed by atoms with E-state index in [0.717, 1.165) is 18.7 Å². The van der Waals surface area contributed by atoms with Crippen LogP contribution in [-0.2, 0) is 4.74 Å². The van der Waals surface area contributed by atoms with Gasteiger partial charge in [-0.1, -0.05) is 19.3 Å². The molecule has 2 N–H and O–H groups in total. The number of ether oxygens (including phenoxy) is 1. The average Bonchev–Trinajstić information content (AvgIpc) is 2.69. The van der Waals surface area contributed by atoms with E-state index >= 15 is 0 Å². The van der Waals surface area contributed by atoms with Gasteiger partial charge in [0.2, 0.25) is 0 Å². The third kappa shape index (κ3) is 5.56. The van der Waals surface area contributed by atoms with E-state index in [-0.39, 0.29) is 18.0 Å². The number of aryl methyl sites for hydroxylation is 1. The maximum absolute atomic E-state index is 12.7. The number of carbonyl (C=O) groups is 2. The molecule has 3 rings (SSSR count). The first-order valence-electron chi connectivity index (χ1n) is 10.4. The molecular weight excluding hydrogens is 358 g/mol. The Morgan fingerprint density at radius 1 is 1.11 bits per heavy atom. The molecule has 2 heterocycles. The summed E-state index contributed by atoms with van der Waals surface area (Å²) in [4.78, 5) is 34.9. The van der Waals surface area contributed by atoms with Gasteiger partial charge in [0.05, 0.1) is 6.61 Å². The molecule has 0 atom stereocenters. The standard InChI is InChI=1S/C20H31N5O3/c1-3-28-20(27)25-11-9-16(10-12-25)24-19(26)17-13-18(22-14(2)21-17)23-15-7-5-4-6-8-15/h13,15-16H,3-12H2,1-2H3,(H,24,26)(H,21,22,23). The lowest BCUT2D eigenvalue weighted by molar-refractivity contribution is 0.0856. The minimum Gasteiger partial charge on any atom is -0.450 e. The Kier molecular flexibility index (Phi) is 7.06. The van der Waals surface area contributed by atoms with E-state index in [1.54, 1.807) is 24.8 Å². The fraction of sp³-hybridized carbons (Fsp3) is 0.700. The van der Waals surface area contributed by atoms with Gasteiger partial charge >= 0.3 is 6.09 Å². The highest BCUT2D eigenvalue weighted by Gasteiger charge is 2.25. The molecule has 1 aromatic heterocycles. The first-order chi connectivity index (χ1) is 13.5. The van der Waals surface area contributed by atoms with Gasteiger partial charge in [-0.05, 0) is 39.5 Å². The van der Waals surface area contributed by atoms with Gasteiger partial charge in [-0.3, -0.25) is 4.79 Å². The van der Waals surface area contributed by atoms with Crippen LogP contribution in [0.1, 0.15) is 68.2 Å². The van der Waals surface area contributed by atoms with E-state index in [0.29, 0.717) is 50.1 Å². The highest BCUT2D eigenvalue weighted by molar-refractivity contribution is 5.93. The Labute approximate surface area is 166 Å². The molecule has 1 saturated carbocycles. The van der Waals surface area contributed by atoms with Gasteiger partial charge < -0.3 is 20.3 Å². The zero-order chi connectivity index (χ0) is 19.9. The second kappa shape index (κ2) is 9.71. The summed E-state index contributed by atoms with van der Waals surface area (Å²) < 4.78 is 5.03. The Bertz CT molecular complexity index is 682. The van der Waals surface area contributed by atoms with Crippen LogP contribution in [0.5, 0.6) is 0 Å². The Balaban J connectivity index is 1.55. The van der Waals surface area contributed by atoms with Crippen molar-refractivity contribution >= 4 is 17.8 Å². The molecule has 2 aliphatic rings. The second-order valence-corrected chi connectivity index (χ2v) is 7.60. The predicted octanol–water partition coefficient (Wildman–Crippen LogP) is 2.88. The van der Waals surface area contributed by atoms with Crippen LogP contribution in [0.15, 0.2) is 6.07 Å². The maximum Gasteiger partial charge on any atom is 0.409 e. The van der Waals surface area contributed by atoms with E-state index < -0.39 is 0 Å². The summed E-state index contributed by atoms with van der Waals surface area (Å²) in [7, 11) is 0. The van der Waals surface area contributed by atoms with Crippen molar-refractivity contribution in [2.75, 3.05) is 25.0 Å². The number of nitrogens with one attached hydrogen (secondary N) is 2. The van der Waals surface area contributed by atoms with Crippen LogP contribution in [0.25, 0.3) is 0 Å². The fourth-order valence-electron chi connectivity index (χ4n) is 3.89. The number of rotatable bonds is 5. The van der Waals surface area contributed by atoms with Crippen LogP contribution in [0.4, 0.5) is 10.6 Å². The fourth-order valence-corrected chi connectivity index (χ4v) is 3.89. The van der Waals surface area contributed by atoms with Crippen LogP contribution in [0, 0.1) is 6.92 Å². The summed E-state index contributed by atoms with van der Waals surface area (Å²) in [6, 6.07) is 2.19. The van der Waals surface area contributed by atoms with Crippen molar-refractivity contribution < 1.29 is 14.3 Å². The van der Waals surface area contributed by atoms with Crippen molar-refractivity contribution in [1.82, 2.24) is 20.2 Å². The second-order valence-electron chi connectivity index (χ2n) is 7.60.